The molecule has 1 saturated carbocycles. The van der Waals surface area contributed by atoms with E-state index in [2.05, 4.69) is 33.8 Å². The second-order valence-electron chi connectivity index (χ2n) is 7.43. The molecule has 0 spiro atoms. The zero-order chi connectivity index (χ0) is 18.7. The van der Waals surface area contributed by atoms with Gasteiger partial charge in [-0.2, -0.15) is 0 Å². The largest absolute Gasteiger partial charge is 0.493 e. The Bertz CT molecular complexity index is 834. The number of rotatable bonds is 6. The average Bonchev–Trinajstić information content (AvgIpc) is 3.33. The van der Waals surface area contributed by atoms with E-state index in [1.807, 2.05) is 12.1 Å². The van der Waals surface area contributed by atoms with Gasteiger partial charge < -0.3 is 15.4 Å². The molecule has 0 radical (unpaired) electrons. The first-order valence-electron chi connectivity index (χ1n) is 9.64. The number of hydrogen-bond donors (Lipinski definition) is 2. The Morgan fingerprint density at radius 1 is 1.14 bits per heavy atom. The van der Waals surface area contributed by atoms with Crippen LogP contribution in [0.2, 0.25) is 0 Å². The fraction of sp³-hybridized carbons (Fsp3) is 0.409. The van der Waals surface area contributed by atoms with E-state index in [9.17, 15) is 4.39 Å². The summed E-state index contributed by atoms with van der Waals surface area (Å²) in [6, 6.07) is 13.3. The highest BCUT2D eigenvalue weighted by atomic mass is 127. The lowest BCUT2D eigenvalue weighted by atomic mass is 9.96. The van der Waals surface area contributed by atoms with Crippen molar-refractivity contribution >= 4 is 29.9 Å². The molecule has 0 atom stereocenters. The Morgan fingerprint density at radius 3 is 2.64 bits per heavy atom. The molecule has 1 aliphatic carbocycles. The van der Waals surface area contributed by atoms with E-state index in [4.69, 9.17) is 4.74 Å². The van der Waals surface area contributed by atoms with Crippen LogP contribution in [0.15, 0.2) is 47.5 Å². The van der Waals surface area contributed by atoms with E-state index in [-0.39, 0.29) is 35.2 Å². The summed E-state index contributed by atoms with van der Waals surface area (Å²) < 4.78 is 18.7. The van der Waals surface area contributed by atoms with Crippen LogP contribution < -0.4 is 15.4 Å². The molecule has 0 bridgehead atoms. The molecule has 2 aliphatic rings. The molecule has 1 fully saturated rings. The maximum Gasteiger partial charge on any atom is 0.191 e. The van der Waals surface area contributed by atoms with Gasteiger partial charge in [0.05, 0.1) is 6.61 Å². The van der Waals surface area contributed by atoms with Crippen LogP contribution in [0.3, 0.4) is 0 Å². The number of aliphatic imine (C=N–C) groups is 1. The van der Waals surface area contributed by atoms with Gasteiger partial charge in [0.15, 0.2) is 5.96 Å². The van der Waals surface area contributed by atoms with Crippen molar-refractivity contribution in [1.82, 2.24) is 10.6 Å². The molecule has 6 heteroatoms. The first kappa shape index (κ1) is 20.9. The first-order valence-corrected chi connectivity index (χ1v) is 9.64. The van der Waals surface area contributed by atoms with Crippen molar-refractivity contribution in [2.45, 2.75) is 31.1 Å². The average molecular weight is 495 g/mol. The van der Waals surface area contributed by atoms with Crippen molar-refractivity contribution in [1.29, 1.82) is 0 Å². The van der Waals surface area contributed by atoms with Gasteiger partial charge in [-0.25, -0.2) is 4.39 Å². The number of hydrogen-bond acceptors (Lipinski definition) is 2. The molecule has 0 aromatic heterocycles. The predicted molar refractivity (Wildman–Crippen MR) is 121 cm³/mol. The lowest BCUT2D eigenvalue weighted by molar-refractivity contribution is 0.357. The minimum absolute atomic E-state index is 0. The summed E-state index contributed by atoms with van der Waals surface area (Å²) in [7, 11) is 1.79. The molecule has 0 saturated heterocycles. The summed E-state index contributed by atoms with van der Waals surface area (Å²) in [6.45, 7) is 2.43. The standard InChI is InChI=1S/C22H26FN3O.HI/c1-24-21(25-12-8-16-2-7-20-17(14-16)9-13-27-20)26-15-22(10-11-22)18-3-5-19(23)6-4-18;/h2-7,14H,8-13,15H2,1H3,(H2,24,25,26);1H. The number of guanidine groups is 1. The van der Waals surface area contributed by atoms with Crippen LogP contribution in [0.1, 0.15) is 29.5 Å². The second kappa shape index (κ2) is 9.11. The van der Waals surface area contributed by atoms with Gasteiger partial charge in [-0.1, -0.05) is 24.3 Å². The molecule has 1 aliphatic heterocycles. The van der Waals surface area contributed by atoms with Gasteiger partial charge in [0, 0.05) is 32.0 Å². The second-order valence-corrected chi connectivity index (χ2v) is 7.43. The minimum Gasteiger partial charge on any atom is -0.493 e. The number of fused-ring (bicyclic) bond motifs is 1. The summed E-state index contributed by atoms with van der Waals surface area (Å²) in [5.41, 5.74) is 3.94. The Labute approximate surface area is 183 Å². The Hall–Kier alpha value is -1.83. The smallest absolute Gasteiger partial charge is 0.191 e. The molecule has 0 unspecified atom stereocenters. The molecule has 150 valence electrons. The maximum atomic E-state index is 13.2. The molecule has 4 rings (SSSR count). The van der Waals surface area contributed by atoms with E-state index in [1.54, 1.807) is 19.2 Å². The number of ether oxygens (including phenoxy) is 1. The normalized spacial score (nSPS) is 16.6. The molecule has 4 nitrogen and oxygen atoms in total. The number of nitrogens with zero attached hydrogens (tertiary/aromatic N) is 1. The summed E-state index contributed by atoms with van der Waals surface area (Å²) in [6.07, 6.45) is 4.20. The Balaban J connectivity index is 0.00000225. The first-order chi connectivity index (χ1) is 13.2. The predicted octanol–water partition coefficient (Wildman–Crippen LogP) is 3.82. The lowest BCUT2D eigenvalue weighted by Crippen LogP contribution is -2.41. The van der Waals surface area contributed by atoms with Crippen molar-refractivity contribution in [2.75, 3.05) is 26.7 Å². The van der Waals surface area contributed by atoms with E-state index in [0.29, 0.717) is 0 Å². The number of nitrogens with one attached hydrogen (secondary N) is 2. The van der Waals surface area contributed by atoms with Gasteiger partial charge in [-0.05, 0) is 54.2 Å². The summed E-state index contributed by atoms with van der Waals surface area (Å²) in [5, 5.41) is 6.83. The summed E-state index contributed by atoms with van der Waals surface area (Å²) in [5.74, 6) is 1.66. The van der Waals surface area contributed by atoms with Crippen LogP contribution in [0, 0.1) is 5.82 Å². The Kier molecular flexibility index (Phi) is 6.80. The molecule has 2 N–H and O–H groups in total. The minimum atomic E-state index is -0.182. The molecule has 1 heterocycles. The zero-order valence-electron chi connectivity index (χ0n) is 16.1. The van der Waals surface area contributed by atoms with Crippen LogP contribution >= 0.6 is 24.0 Å². The quantitative estimate of drug-likeness (QED) is 0.364. The number of benzene rings is 2. The van der Waals surface area contributed by atoms with Gasteiger partial charge in [0.25, 0.3) is 0 Å². The molecule has 0 amide bonds. The van der Waals surface area contributed by atoms with Gasteiger partial charge >= 0.3 is 0 Å². The van der Waals surface area contributed by atoms with Gasteiger partial charge in [0.1, 0.15) is 11.6 Å². The summed E-state index contributed by atoms with van der Waals surface area (Å²) in [4.78, 5) is 4.33. The third kappa shape index (κ3) is 4.77. The fourth-order valence-corrected chi connectivity index (χ4v) is 3.72. The molecule has 28 heavy (non-hydrogen) atoms. The van der Waals surface area contributed by atoms with E-state index in [1.165, 1.54) is 16.7 Å². The van der Waals surface area contributed by atoms with Crippen molar-refractivity contribution in [3.05, 3.63) is 65.0 Å². The molecular weight excluding hydrogens is 468 g/mol. The summed E-state index contributed by atoms with van der Waals surface area (Å²) >= 11 is 0. The van der Waals surface area contributed by atoms with Crippen molar-refractivity contribution < 1.29 is 9.13 Å². The lowest BCUT2D eigenvalue weighted by Gasteiger charge is -2.19. The van der Waals surface area contributed by atoms with Crippen molar-refractivity contribution in [3.63, 3.8) is 0 Å². The third-order valence-corrected chi connectivity index (χ3v) is 5.59. The fourth-order valence-electron chi connectivity index (χ4n) is 3.72. The van der Waals surface area contributed by atoms with E-state index >= 15 is 0 Å². The molecular formula is C22H27FIN3O. The van der Waals surface area contributed by atoms with E-state index < -0.39 is 0 Å². The highest BCUT2D eigenvalue weighted by Crippen LogP contribution is 2.47. The van der Waals surface area contributed by atoms with Gasteiger partial charge in [-0.15, -0.1) is 24.0 Å². The SMILES string of the molecule is CN=C(NCCc1ccc2c(c1)CCO2)NCC1(c2ccc(F)cc2)CC1.I. The Morgan fingerprint density at radius 2 is 1.93 bits per heavy atom. The third-order valence-electron chi connectivity index (χ3n) is 5.59. The topological polar surface area (TPSA) is 45.7 Å². The van der Waals surface area contributed by atoms with E-state index in [0.717, 1.165) is 57.1 Å². The molecule has 2 aromatic carbocycles. The highest BCUT2D eigenvalue weighted by molar-refractivity contribution is 14.0. The van der Waals surface area contributed by atoms with Crippen molar-refractivity contribution in [3.8, 4) is 5.75 Å². The molecule has 2 aromatic rings. The van der Waals surface area contributed by atoms with Gasteiger partial charge in [0.2, 0.25) is 0 Å². The van der Waals surface area contributed by atoms with Crippen LogP contribution in [0.4, 0.5) is 4.39 Å². The maximum absolute atomic E-state index is 13.2. The van der Waals surface area contributed by atoms with Crippen LogP contribution in [-0.2, 0) is 18.3 Å². The van der Waals surface area contributed by atoms with Crippen LogP contribution in [-0.4, -0.2) is 32.7 Å². The van der Waals surface area contributed by atoms with Gasteiger partial charge in [-0.3, -0.25) is 4.99 Å². The highest BCUT2D eigenvalue weighted by Gasteiger charge is 2.44. The number of halogens is 2. The zero-order valence-corrected chi connectivity index (χ0v) is 18.5. The van der Waals surface area contributed by atoms with Crippen LogP contribution in [0.5, 0.6) is 5.75 Å². The van der Waals surface area contributed by atoms with Crippen molar-refractivity contribution in [2.24, 2.45) is 4.99 Å². The van der Waals surface area contributed by atoms with Crippen LogP contribution in [0.25, 0.3) is 0 Å². The monoisotopic (exact) mass is 495 g/mol.